The number of nitrogens with one attached hydrogen (secondary N) is 2. The smallest absolute Gasteiger partial charge is 0.220 e. The lowest BCUT2D eigenvalue weighted by atomic mass is 10.1. The van der Waals surface area contributed by atoms with Gasteiger partial charge in [0.05, 0.1) is 6.04 Å². The van der Waals surface area contributed by atoms with E-state index in [9.17, 15) is 9.59 Å². The maximum atomic E-state index is 11.5. The molecule has 2 N–H and O–H groups in total. The van der Waals surface area contributed by atoms with E-state index in [0.717, 1.165) is 12.8 Å². The van der Waals surface area contributed by atoms with E-state index >= 15 is 0 Å². The number of carbonyl (C=O) groups excluding carboxylic acids is 2. The number of Topliss-reactive ketones (excluding diaryl/α,β-unsaturated/α-hetero) is 1. The molecule has 0 aromatic carbocycles. The van der Waals surface area contributed by atoms with Gasteiger partial charge in [-0.05, 0) is 20.4 Å². The summed E-state index contributed by atoms with van der Waals surface area (Å²) in [5.74, 6) is 0.0961. The average molecular weight is 276 g/mol. The van der Waals surface area contributed by atoms with E-state index < -0.39 is 0 Å². The van der Waals surface area contributed by atoms with Crippen molar-refractivity contribution in [1.29, 1.82) is 0 Å². The van der Waals surface area contributed by atoms with E-state index in [4.69, 9.17) is 0 Å². The molecule has 1 amide bonds. The first kappa shape index (κ1) is 19.8. The predicted octanol–water partition coefficient (Wildman–Crippen LogP) is 1.75. The van der Waals surface area contributed by atoms with E-state index in [2.05, 4.69) is 17.6 Å². The molecule has 5 heteroatoms. The molecule has 108 valence electrons. The molecule has 0 spiro atoms. The van der Waals surface area contributed by atoms with Gasteiger partial charge in [-0.25, -0.2) is 0 Å². The summed E-state index contributed by atoms with van der Waals surface area (Å²) in [7, 11) is 1.73. The van der Waals surface area contributed by atoms with Crippen molar-refractivity contribution in [3.05, 3.63) is 0 Å². The summed E-state index contributed by atoms with van der Waals surface area (Å²) in [6, 6.07) is -0.265. The second-order valence-corrected chi connectivity index (χ2v) is 4.42. The van der Waals surface area contributed by atoms with Crippen molar-refractivity contribution < 1.29 is 9.59 Å². The lowest BCUT2D eigenvalue weighted by Gasteiger charge is -2.13. The molecule has 0 heterocycles. The maximum Gasteiger partial charge on any atom is 0.220 e. The highest BCUT2D eigenvalue weighted by Gasteiger charge is 2.12. The van der Waals surface area contributed by atoms with Gasteiger partial charge in [0.1, 0.15) is 5.78 Å². The second kappa shape index (κ2) is 12.9. The fourth-order valence-electron chi connectivity index (χ4n) is 1.64. The van der Waals surface area contributed by atoms with Crippen molar-refractivity contribution in [2.45, 2.75) is 58.4 Å². The Hall–Kier alpha value is -0.550. The molecule has 4 nitrogen and oxygen atoms in total. The summed E-state index contributed by atoms with van der Waals surface area (Å²) in [5.41, 5.74) is 0. The molecule has 0 rings (SSSR count). The van der Waals surface area contributed by atoms with Gasteiger partial charge >= 0.3 is 0 Å². The van der Waals surface area contributed by atoms with Gasteiger partial charge in [-0.15, -0.1) is 0 Å². The zero-order chi connectivity index (χ0) is 13.1. The Morgan fingerprint density at radius 1 is 1.11 bits per heavy atom. The van der Waals surface area contributed by atoms with Crippen LogP contribution in [0.1, 0.15) is 52.4 Å². The number of unbranched alkanes of at least 4 members (excludes halogenated alkanes) is 4. The largest absolute Gasteiger partial charge is 0.354 e. The SMILES string of the molecule is CCCCCCCC(=O)NCC(NC)C(C)=O.S. The van der Waals surface area contributed by atoms with Gasteiger partial charge in [-0.3, -0.25) is 9.59 Å². The van der Waals surface area contributed by atoms with Crippen LogP contribution in [0.15, 0.2) is 0 Å². The molecule has 0 bridgehead atoms. The van der Waals surface area contributed by atoms with Gasteiger partial charge in [0.15, 0.2) is 0 Å². The third-order valence-electron chi connectivity index (χ3n) is 2.85. The van der Waals surface area contributed by atoms with Crippen LogP contribution in [0, 0.1) is 0 Å². The average Bonchev–Trinajstić information content (AvgIpc) is 2.29. The molecule has 0 aliphatic heterocycles. The zero-order valence-electron chi connectivity index (χ0n) is 11.8. The van der Waals surface area contributed by atoms with Crippen LogP contribution in [0.4, 0.5) is 0 Å². The van der Waals surface area contributed by atoms with E-state index in [1.54, 1.807) is 7.05 Å². The van der Waals surface area contributed by atoms with E-state index in [0.29, 0.717) is 13.0 Å². The molecule has 1 atom stereocenters. The molecule has 18 heavy (non-hydrogen) atoms. The standard InChI is InChI=1S/C13H26N2O2.H2S/c1-4-5-6-7-8-9-13(17)15-10-12(14-3)11(2)16;/h12,14H,4-10H2,1-3H3,(H,15,17);1H2. The number of hydrogen-bond donors (Lipinski definition) is 2. The number of likely N-dealkylation sites (N-methyl/N-ethyl adjacent to an activating group) is 1. The first-order valence-corrected chi connectivity index (χ1v) is 6.56. The van der Waals surface area contributed by atoms with E-state index in [1.807, 2.05) is 0 Å². The van der Waals surface area contributed by atoms with E-state index in [-0.39, 0.29) is 31.2 Å². The lowest BCUT2D eigenvalue weighted by molar-refractivity contribution is -0.122. The second-order valence-electron chi connectivity index (χ2n) is 4.42. The first-order chi connectivity index (χ1) is 8.11. The molecule has 1 unspecified atom stereocenters. The summed E-state index contributed by atoms with van der Waals surface area (Å²) in [5, 5.41) is 5.66. The van der Waals surface area contributed by atoms with Crippen molar-refractivity contribution in [2.75, 3.05) is 13.6 Å². The number of ketones is 1. The maximum absolute atomic E-state index is 11.5. The molecule has 0 fully saturated rings. The summed E-state index contributed by atoms with van der Waals surface area (Å²) in [6.45, 7) is 4.09. The minimum absolute atomic E-state index is 0. The quantitative estimate of drug-likeness (QED) is 0.598. The Morgan fingerprint density at radius 2 is 1.72 bits per heavy atom. The normalized spacial score (nSPS) is 11.5. The molecular formula is C13H28N2O2S. The van der Waals surface area contributed by atoms with Crippen LogP contribution in [0.2, 0.25) is 0 Å². The number of hydrogen-bond acceptors (Lipinski definition) is 3. The highest BCUT2D eigenvalue weighted by Crippen LogP contribution is 2.04. The summed E-state index contributed by atoms with van der Waals surface area (Å²) < 4.78 is 0. The molecule has 0 aromatic rings. The Labute approximate surface area is 118 Å². The molecule has 0 aromatic heterocycles. The molecule has 0 radical (unpaired) electrons. The van der Waals surface area contributed by atoms with Crippen LogP contribution in [0.5, 0.6) is 0 Å². The summed E-state index contributed by atoms with van der Waals surface area (Å²) in [4.78, 5) is 22.6. The molecule has 0 aliphatic rings. The van der Waals surface area contributed by atoms with Crippen molar-refractivity contribution in [3.8, 4) is 0 Å². The van der Waals surface area contributed by atoms with Gasteiger partial charge < -0.3 is 10.6 Å². The lowest BCUT2D eigenvalue weighted by Crippen LogP contribution is -2.43. The van der Waals surface area contributed by atoms with Crippen LogP contribution in [0.25, 0.3) is 0 Å². The zero-order valence-corrected chi connectivity index (χ0v) is 12.8. The minimum Gasteiger partial charge on any atom is -0.354 e. The highest BCUT2D eigenvalue weighted by atomic mass is 32.1. The van der Waals surface area contributed by atoms with Gasteiger partial charge in [0, 0.05) is 13.0 Å². The topological polar surface area (TPSA) is 58.2 Å². The van der Waals surface area contributed by atoms with Crippen molar-refractivity contribution >= 4 is 25.2 Å². The highest BCUT2D eigenvalue weighted by molar-refractivity contribution is 7.59. The van der Waals surface area contributed by atoms with Gasteiger partial charge in [0.2, 0.25) is 5.91 Å². The summed E-state index contributed by atoms with van der Waals surface area (Å²) in [6.07, 6.45) is 6.29. The van der Waals surface area contributed by atoms with Crippen molar-refractivity contribution in [2.24, 2.45) is 0 Å². The third-order valence-corrected chi connectivity index (χ3v) is 2.85. The Morgan fingerprint density at radius 3 is 2.22 bits per heavy atom. The van der Waals surface area contributed by atoms with E-state index in [1.165, 1.54) is 26.2 Å². The Balaban J connectivity index is 0. The molecule has 0 aliphatic carbocycles. The molecule has 0 saturated carbocycles. The number of amides is 1. The fraction of sp³-hybridized carbons (Fsp3) is 0.846. The van der Waals surface area contributed by atoms with Gasteiger partial charge in [-0.1, -0.05) is 32.6 Å². The monoisotopic (exact) mass is 276 g/mol. The number of rotatable bonds is 10. The minimum atomic E-state index is -0.265. The Kier molecular flexibility index (Phi) is 14.2. The van der Waals surface area contributed by atoms with Crippen LogP contribution < -0.4 is 10.6 Å². The van der Waals surface area contributed by atoms with Crippen LogP contribution >= 0.6 is 13.5 Å². The third kappa shape index (κ3) is 10.6. The van der Waals surface area contributed by atoms with Crippen LogP contribution in [0.3, 0.4) is 0 Å². The number of carbonyl (C=O) groups is 2. The molecule has 0 saturated heterocycles. The Bertz CT molecular complexity index is 235. The molecular weight excluding hydrogens is 248 g/mol. The van der Waals surface area contributed by atoms with Crippen LogP contribution in [-0.4, -0.2) is 31.3 Å². The van der Waals surface area contributed by atoms with Crippen molar-refractivity contribution in [1.82, 2.24) is 10.6 Å². The fourth-order valence-corrected chi connectivity index (χ4v) is 1.64. The van der Waals surface area contributed by atoms with Gasteiger partial charge in [0.25, 0.3) is 0 Å². The van der Waals surface area contributed by atoms with Gasteiger partial charge in [-0.2, -0.15) is 13.5 Å². The summed E-state index contributed by atoms with van der Waals surface area (Å²) >= 11 is 0. The first-order valence-electron chi connectivity index (χ1n) is 6.56. The van der Waals surface area contributed by atoms with Crippen LogP contribution in [-0.2, 0) is 9.59 Å². The van der Waals surface area contributed by atoms with Crippen molar-refractivity contribution in [3.63, 3.8) is 0 Å². The predicted molar refractivity (Wildman–Crippen MR) is 80.3 cm³/mol.